The fraction of sp³-hybridized carbons (Fsp3) is 0.615. The van der Waals surface area contributed by atoms with Gasteiger partial charge in [0.15, 0.2) is 0 Å². The number of aliphatic hydroxyl groups is 2. The van der Waals surface area contributed by atoms with Crippen LogP contribution in [0, 0.1) is 47.3 Å². The number of aromatic nitrogens is 2. The van der Waals surface area contributed by atoms with Gasteiger partial charge in [0.05, 0.1) is 52.7 Å². The van der Waals surface area contributed by atoms with Gasteiger partial charge in [0.2, 0.25) is 0 Å². The molecule has 1 aliphatic heterocycles. The number of para-hydroxylation sites is 2. The van der Waals surface area contributed by atoms with Crippen molar-refractivity contribution in [1.82, 2.24) is 14.5 Å². The van der Waals surface area contributed by atoms with Crippen molar-refractivity contribution in [3.63, 3.8) is 0 Å². The normalized spacial score (nSPS) is 41.6. The lowest BCUT2D eigenvalue weighted by molar-refractivity contribution is -0.275. The molecule has 2 aromatic carbocycles. The zero-order chi connectivity index (χ0) is 34.0. The van der Waals surface area contributed by atoms with Crippen molar-refractivity contribution in [1.29, 1.82) is 0 Å². The van der Waals surface area contributed by atoms with Crippen LogP contribution in [-0.2, 0) is 14.2 Å². The number of aliphatic hydroxyl groups excluding tert-OH is 1. The van der Waals surface area contributed by atoms with Gasteiger partial charge < -0.3 is 24.4 Å². The first-order chi connectivity index (χ1) is 23.6. The highest BCUT2D eigenvalue weighted by atomic mass is 16.5. The van der Waals surface area contributed by atoms with Crippen molar-refractivity contribution in [2.45, 2.75) is 75.9 Å². The number of methoxy groups -OCH3 is 2. The number of carbonyl (C=O) groups is 1. The van der Waals surface area contributed by atoms with Crippen LogP contribution in [0.15, 0.2) is 53.3 Å². The third-order valence-electron chi connectivity index (χ3n) is 14.5. The van der Waals surface area contributed by atoms with Crippen molar-refractivity contribution < 1.29 is 29.2 Å². The van der Waals surface area contributed by atoms with E-state index in [1.807, 2.05) is 31.4 Å². The van der Waals surface area contributed by atoms with E-state index >= 15 is 0 Å². The van der Waals surface area contributed by atoms with Gasteiger partial charge in [0.1, 0.15) is 5.82 Å². The monoisotopic (exact) mass is 669 g/mol. The van der Waals surface area contributed by atoms with Crippen molar-refractivity contribution in [3.8, 4) is 5.69 Å². The molecule has 10 heteroatoms. The van der Waals surface area contributed by atoms with E-state index in [1.165, 1.54) is 4.57 Å². The molecule has 0 amide bonds. The van der Waals surface area contributed by atoms with Crippen molar-refractivity contribution >= 4 is 16.9 Å². The molecule has 5 saturated carbocycles. The molecule has 5 aliphatic carbocycles. The summed E-state index contributed by atoms with van der Waals surface area (Å²) in [7, 11) is 3.53. The number of likely N-dealkylation sites (tertiary alicyclic amines) is 1. The predicted molar refractivity (Wildman–Crippen MR) is 181 cm³/mol. The number of carbonyl (C=O) groups excluding carboxylic acids is 1. The lowest BCUT2D eigenvalue weighted by Crippen LogP contribution is -2.76. The Hall–Kier alpha value is -3.15. The van der Waals surface area contributed by atoms with E-state index in [9.17, 15) is 19.8 Å². The maximum Gasteiger partial charge on any atom is 0.340 e. The van der Waals surface area contributed by atoms with E-state index in [4.69, 9.17) is 14.2 Å². The Morgan fingerprint density at radius 3 is 2.61 bits per heavy atom. The largest absolute Gasteiger partial charge is 0.461 e. The Balaban J connectivity index is 1.10. The minimum absolute atomic E-state index is 0.00979. The molecule has 2 N–H and O–H groups in total. The average Bonchev–Trinajstić information content (AvgIpc) is 3.53. The summed E-state index contributed by atoms with van der Waals surface area (Å²) in [5.74, 6) is 0.0190. The molecule has 1 aromatic heterocycles. The van der Waals surface area contributed by atoms with Crippen LogP contribution >= 0.6 is 0 Å². The highest BCUT2D eigenvalue weighted by Crippen LogP contribution is 2.79. The van der Waals surface area contributed by atoms with Crippen LogP contribution in [0.2, 0.25) is 0 Å². The van der Waals surface area contributed by atoms with E-state index in [-0.39, 0.29) is 70.8 Å². The molecule has 9 rings (SSSR count). The second-order valence-corrected chi connectivity index (χ2v) is 15.9. The second kappa shape index (κ2) is 10.9. The summed E-state index contributed by atoms with van der Waals surface area (Å²) >= 11 is 0. The molecule has 3 aromatic rings. The maximum absolute atomic E-state index is 14.2. The van der Waals surface area contributed by atoms with Gasteiger partial charge in [0.25, 0.3) is 5.56 Å². The summed E-state index contributed by atoms with van der Waals surface area (Å²) in [5.41, 5.74) is -0.469. The molecule has 0 radical (unpaired) electrons. The molecular formula is C39H47N3O7. The SMILES string of the molecule is CCN1C[C@]2(COC(=O)c3ccccc3-n3c(C)nc4ccccc4c3=O)CC[C@H](OC)[C@]34C1[C@H](C[C@H]23)[C@@]1(O)C[C@H](OC)[C@H]2C[C@@H]4[C@@H]1[C@H]2O. The Kier molecular flexibility index (Phi) is 7.09. The number of rotatable bonds is 7. The molecule has 6 aliphatic rings. The quantitative estimate of drug-likeness (QED) is 0.362. The first-order valence-corrected chi connectivity index (χ1v) is 18.1. The van der Waals surface area contributed by atoms with Crippen LogP contribution in [-0.4, -0.2) is 94.5 Å². The Morgan fingerprint density at radius 1 is 1.06 bits per heavy atom. The third kappa shape index (κ3) is 3.92. The highest BCUT2D eigenvalue weighted by Gasteiger charge is 2.83. The van der Waals surface area contributed by atoms with Crippen LogP contribution in [0.1, 0.15) is 55.2 Å². The molecule has 260 valence electrons. The van der Waals surface area contributed by atoms with E-state index in [0.717, 1.165) is 38.8 Å². The summed E-state index contributed by atoms with van der Waals surface area (Å²) in [6.07, 6.45) is 3.06. The number of hydrogen-bond acceptors (Lipinski definition) is 9. The van der Waals surface area contributed by atoms with Crippen molar-refractivity contribution in [2.75, 3.05) is 33.9 Å². The molecule has 1 unspecified atom stereocenters. The second-order valence-electron chi connectivity index (χ2n) is 15.9. The minimum Gasteiger partial charge on any atom is -0.461 e. The van der Waals surface area contributed by atoms with E-state index in [1.54, 1.807) is 38.3 Å². The van der Waals surface area contributed by atoms with Gasteiger partial charge in [-0.05, 0) is 75.3 Å². The van der Waals surface area contributed by atoms with Crippen molar-refractivity contribution in [2.24, 2.45) is 40.4 Å². The molecule has 7 bridgehead atoms. The molecule has 12 atom stereocenters. The van der Waals surface area contributed by atoms with E-state index < -0.39 is 17.7 Å². The van der Waals surface area contributed by atoms with Crippen molar-refractivity contribution in [3.05, 3.63) is 70.3 Å². The Bertz CT molecular complexity index is 1900. The summed E-state index contributed by atoms with van der Waals surface area (Å²) in [5, 5.41) is 25.0. The van der Waals surface area contributed by atoms with Crippen LogP contribution in [0.25, 0.3) is 16.6 Å². The molecule has 1 spiro atoms. The fourth-order valence-electron chi connectivity index (χ4n) is 13.0. The van der Waals surface area contributed by atoms with Crippen LogP contribution in [0.4, 0.5) is 0 Å². The lowest BCUT2D eigenvalue weighted by Gasteiger charge is -2.69. The number of benzene rings is 2. The average molecular weight is 670 g/mol. The molecule has 6 fully saturated rings. The predicted octanol–water partition coefficient (Wildman–Crippen LogP) is 3.75. The van der Waals surface area contributed by atoms with E-state index in [0.29, 0.717) is 34.4 Å². The molecular weight excluding hydrogens is 622 g/mol. The van der Waals surface area contributed by atoms with Crippen LogP contribution in [0.5, 0.6) is 0 Å². The summed E-state index contributed by atoms with van der Waals surface area (Å²) in [4.78, 5) is 35.2. The third-order valence-corrected chi connectivity index (χ3v) is 14.5. The fourth-order valence-corrected chi connectivity index (χ4v) is 13.0. The first kappa shape index (κ1) is 31.8. The van der Waals surface area contributed by atoms with Gasteiger partial charge in [-0.15, -0.1) is 0 Å². The van der Waals surface area contributed by atoms with Gasteiger partial charge in [0, 0.05) is 61.8 Å². The van der Waals surface area contributed by atoms with Crippen LogP contribution in [0.3, 0.4) is 0 Å². The summed E-state index contributed by atoms with van der Waals surface area (Å²) in [6, 6.07) is 14.5. The Labute approximate surface area is 286 Å². The molecule has 10 nitrogen and oxygen atoms in total. The number of nitrogens with zero attached hydrogens (tertiary/aromatic N) is 3. The topological polar surface area (TPSA) is 123 Å². The number of ether oxygens (including phenoxy) is 3. The molecule has 2 heterocycles. The Morgan fingerprint density at radius 2 is 1.84 bits per heavy atom. The summed E-state index contributed by atoms with van der Waals surface area (Å²) < 4.78 is 20.3. The lowest BCUT2D eigenvalue weighted by atomic mass is 9.43. The minimum atomic E-state index is -1.03. The van der Waals surface area contributed by atoms with E-state index in [2.05, 4.69) is 16.8 Å². The number of hydrogen-bond donors (Lipinski definition) is 2. The van der Waals surface area contributed by atoms with Gasteiger partial charge in [-0.2, -0.15) is 0 Å². The zero-order valence-electron chi connectivity index (χ0n) is 28.7. The summed E-state index contributed by atoms with van der Waals surface area (Å²) in [6.45, 7) is 5.81. The molecule has 49 heavy (non-hydrogen) atoms. The number of piperidine rings is 1. The van der Waals surface area contributed by atoms with Gasteiger partial charge in [-0.1, -0.05) is 31.2 Å². The molecule has 1 saturated heterocycles. The number of esters is 1. The first-order valence-electron chi connectivity index (χ1n) is 18.1. The standard InChI is InChI=1S/C39H47N3O7/c1-5-41-19-37(20-49-36(45)23-11-7-9-13-28(23)42-21(2)40-27-12-8-6-10-22(27)35(42)44)15-14-31(48-4)39-25-16-24-29(47-3)18-38(46,32(25)33(24)43)26(34(39)41)17-30(37)39/h6-13,24-26,29-34,43,46H,5,14-20H2,1-4H3/t24-,25-,26+,29+,30-,31+,32-,33+,34?,37+,38+,39-/m1/s1. The van der Waals surface area contributed by atoms with Gasteiger partial charge >= 0.3 is 5.97 Å². The van der Waals surface area contributed by atoms with Gasteiger partial charge in [-0.25, -0.2) is 9.78 Å². The number of aryl methyl sites for hydroxylation is 1. The highest BCUT2D eigenvalue weighted by molar-refractivity contribution is 5.93. The smallest absolute Gasteiger partial charge is 0.340 e. The zero-order valence-corrected chi connectivity index (χ0v) is 28.7. The number of fused-ring (bicyclic) bond motifs is 3. The maximum atomic E-state index is 14.2. The van der Waals surface area contributed by atoms with Gasteiger partial charge in [-0.3, -0.25) is 14.3 Å². The van der Waals surface area contributed by atoms with Crippen LogP contribution < -0.4 is 5.56 Å².